The van der Waals surface area contributed by atoms with Gasteiger partial charge in [-0.1, -0.05) is 24.3 Å². The van der Waals surface area contributed by atoms with Crippen LogP contribution in [-0.4, -0.2) is 51.2 Å². The van der Waals surface area contributed by atoms with E-state index < -0.39 is 9.84 Å². The molecule has 1 amide bonds. The van der Waals surface area contributed by atoms with Crippen LogP contribution >= 0.6 is 0 Å². The number of likely N-dealkylation sites (N-methyl/N-ethyl adjacent to an activating group) is 1. The van der Waals surface area contributed by atoms with Crippen LogP contribution in [-0.2, 0) is 31.7 Å². The number of ether oxygens (including phenoxy) is 1. The SMILES string of the molecule is CN(C(=O)[C@@H](N)C1CCC(COCc2ccccc2CS(C)(=O)=O)CC1)C1CCC1. The Labute approximate surface area is 181 Å². The van der Waals surface area contributed by atoms with E-state index in [2.05, 4.69) is 0 Å². The molecule has 7 heteroatoms. The van der Waals surface area contributed by atoms with Crippen molar-refractivity contribution >= 4 is 15.7 Å². The van der Waals surface area contributed by atoms with Gasteiger partial charge in [-0.25, -0.2) is 8.42 Å². The van der Waals surface area contributed by atoms with E-state index in [9.17, 15) is 13.2 Å². The molecule has 6 nitrogen and oxygen atoms in total. The number of carbonyl (C=O) groups is 1. The summed E-state index contributed by atoms with van der Waals surface area (Å²) >= 11 is 0. The topological polar surface area (TPSA) is 89.7 Å². The zero-order valence-corrected chi connectivity index (χ0v) is 19.1. The molecule has 3 rings (SSSR count). The molecule has 0 spiro atoms. The van der Waals surface area contributed by atoms with Crippen LogP contribution in [0.4, 0.5) is 0 Å². The Kier molecular flexibility index (Phi) is 7.93. The second kappa shape index (κ2) is 10.2. The maximum Gasteiger partial charge on any atom is 0.239 e. The number of sulfone groups is 1. The Bertz CT molecular complexity index is 814. The van der Waals surface area contributed by atoms with Gasteiger partial charge in [0.05, 0.1) is 18.4 Å². The van der Waals surface area contributed by atoms with Crippen LogP contribution in [0.5, 0.6) is 0 Å². The van der Waals surface area contributed by atoms with Crippen LogP contribution in [0, 0.1) is 11.8 Å². The van der Waals surface area contributed by atoms with Crippen LogP contribution in [0.2, 0.25) is 0 Å². The Morgan fingerprint density at radius 3 is 2.33 bits per heavy atom. The van der Waals surface area contributed by atoms with Crippen LogP contribution < -0.4 is 5.73 Å². The number of hydrogen-bond acceptors (Lipinski definition) is 5. The summed E-state index contributed by atoms with van der Waals surface area (Å²) in [4.78, 5) is 14.5. The quantitative estimate of drug-likeness (QED) is 0.643. The van der Waals surface area contributed by atoms with Gasteiger partial charge >= 0.3 is 0 Å². The van der Waals surface area contributed by atoms with Crippen molar-refractivity contribution in [2.24, 2.45) is 17.6 Å². The van der Waals surface area contributed by atoms with Gasteiger partial charge in [-0.2, -0.15) is 0 Å². The summed E-state index contributed by atoms with van der Waals surface area (Å²) in [5, 5.41) is 0. The van der Waals surface area contributed by atoms with Gasteiger partial charge in [0.25, 0.3) is 0 Å². The fourth-order valence-corrected chi connectivity index (χ4v) is 5.41. The highest BCUT2D eigenvalue weighted by Crippen LogP contribution is 2.32. The summed E-state index contributed by atoms with van der Waals surface area (Å²) in [6.07, 6.45) is 8.63. The molecule has 0 heterocycles. The summed E-state index contributed by atoms with van der Waals surface area (Å²) in [6.45, 7) is 1.08. The molecule has 2 saturated carbocycles. The van der Waals surface area contributed by atoms with Crippen LogP contribution in [0.3, 0.4) is 0 Å². The summed E-state index contributed by atoms with van der Waals surface area (Å²) in [5.74, 6) is 0.863. The first-order valence-electron chi connectivity index (χ1n) is 11.1. The molecular weight excluding hydrogens is 400 g/mol. The van der Waals surface area contributed by atoms with Crippen molar-refractivity contribution in [2.45, 2.75) is 69.4 Å². The van der Waals surface area contributed by atoms with Crippen LogP contribution in [0.25, 0.3) is 0 Å². The third kappa shape index (κ3) is 6.28. The number of rotatable bonds is 9. The van der Waals surface area contributed by atoms with Crippen molar-refractivity contribution in [2.75, 3.05) is 19.9 Å². The standard InChI is InChI=1S/C23H36N2O4S/c1-25(21-8-5-9-21)23(26)22(24)18-12-10-17(11-13-18)14-29-15-19-6-3-4-7-20(19)16-30(2,27)28/h3-4,6-7,17-18,21-22H,5,8-16,24H2,1-2H3/t17?,18?,22-/m0/s1. The lowest BCUT2D eigenvalue weighted by Crippen LogP contribution is -2.52. The van der Waals surface area contributed by atoms with Crippen molar-refractivity contribution in [1.29, 1.82) is 0 Å². The predicted octanol–water partition coefficient (Wildman–Crippen LogP) is 2.89. The lowest BCUT2D eigenvalue weighted by atomic mass is 9.78. The number of benzene rings is 1. The molecule has 168 valence electrons. The second-order valence-corrected chi connectivity index (χ2v) is 11.3. The molecule has 0 radical (unpaired) electrons. The predicted molar refractivity (Wildman–Crippen MR) is 118 cm³/mol. The maximum absolute atomic E-state index is 12.7. The van der Waals surface area contributed by atoms with Crippen LogP contribution in [0.1, 0.15) is 56.1 Å². The molecule has 0 aliphatic heterocycles. The van der Waals surface area contributed by atoms with E-state index >= 15 is 0 Å². The summed E-state index contributed by atoms with van der Waals surface area (Å²) < 4.78 is 29.2. The first-order chi connectivity index (χ1) is 14.2. The molecule has 0 unspecified atom stereocenters. The zero-order chi connectivity index (χ0) is 21.7. The lowest BCUT2D eigenvalue weighted by molar-refractivity contribution is -0.136. The van der Waals surface area contributed by atoms with Gasteiger partial charge in [0.2, 0.25) is 5.91 Å². The van der Waals surface area contributed by atoms with Crippen molar-refractivity contribution in [3.63, 3.8) is 0 Å². The highest BCUT2D eigenvalue weighted by molar-refractivity contribution is 7.89. The van der Waals surface area contributed by atoms with Crippen molar-refractivity contribution in [3.8, 4) is 0 Å². The Morgan fingerprint density at radius 2 is 1.77 bits per heavy atom. The molecule has 2 aliphatic rings. The molecule has 1 aromatic rings. The molecule has 0 bridgehead atoms. The first kappa shape index (κ1) is 23.2. The van der Waals surface area contributed by atoms with Crippen LogP contribution in [0.15, 0.2) is 24.3 Å². The maximum atomic E-state index is 12.7. The van der Waals surface area contributed by atoms with E-state index in [1.54, 1.807) is 0 Å². The molecule has 2 fully saturated rings. The second-order valence-electron chi connectivity index (χ2n) is 9.19. The smallest absolute Gasteiger partial charge is 0.239 e. The summed E-state index contributed by atoms with van der Waals surface area (Å²) in [5.41, 5.74) is 8.07. The largest absolute Gasteiger partial charge is 0.376 e. The lowest BCUT2D eigenvalue weighted by Gasteiger charge is -2.38. The van der Waals surface area contributed by atoms with E-state index in [0.717, 1.165) is 49.7 Å². The number of carbonyl (C=O) groups excluding carboxylic acids is 1. The molecule has 1 aromatic carbocycles. The minimum Gasteiger partial charge on any atom is -0.376 e. The Hall–Kier alpha value is -1.44. The van der Waals surface area contributed by atoms with E-state index in [4.69, 9.17) is 10.5 Å². The van der Waals surface area contributed by atoms with Gasteiger partial charge in [-0.05, 0) is 67.9 Å². The van der Waals surface area contributed by atoms with Gasteiger partial charge < -0.3 is 15.4 Å². The highest BCUT2D eigenvalue weighted by atomic mass is 32.2. The number of amides is 1. The van der Waals surface area contributed by atoms with Crippen molar-refractivity contribution in [3.05, 3.63) is 35.4 Å². The van der Waals surface area contributed by atoms with Gasteiger partial charge in [-0.3, -0.25) is 4.79 Å². The molecule has 2 aliphatic carbocycles. The molecule has 1 atom stereocenters. The third-order valence-corrected chi connectivity index (χ3v) is 7.64. The Morgan fingerprint density at radius 1 is 1.13 bits per heavy atom. The highest BCUT2D eigenvalue weighted by Gasteiger charge is 2.34. The first-order valence-corrected chi connectivity index (χ1v) is 13.1. The molecular formula is C23H36N2O4S. The molecule has 30 heavy (non-hydrogen) atoms. The van der Waals surface area contributed by atoms with E-state index in [1.165, 1.54) is 12.7 Å². The van der Waals surface area contributed by atoms with Crippen molar-refractivity contribution in [1.82, 2.24) is 4.90 Å². The van der Waals surface area contributed by atoms with Gasteiger partial charge in [-0.15, -0.1) is 0 Å². The van der Waals surface area contributed by atoms with Gasteiger partial charge in [0.1, 0.15) is 0 Å². The number of hydrogen-bond donors (Lipinski definition) is 1. The fourth-order valence-electron chi connectivity index (χ4n) is 4.56. The number of nitrogens with two attached hydrogens (primary N) is 1. The average Bonchev–Trinajstić information content (AvgIpc) is 2.66. The summed E-state index contributed by atoms with van der Waals surface area (Å²) in [6, 6.07) is 7.55. The van der Waals surface area contributed by atoms with E-state index in [0.29, 0.717) is 25.2 Å². The normalized spacial score (nSPS) is 23.6. The van der Waals surface area contributed by atoms with E-state index in [-0.39, 0.29) is 23.6 Å². The minimum atomic E-state index is -3.07. The van der Waals surface area contributed by atoms with Gasteiger partial charge in [0.15, 0.2) is 9.84 Å². The van der Waals surface area contributed by atoms with Crippen molar-refractivity contribution < 1.29 is 17.9 Å². The third-order valence-electron chi connectivity index (χ3n) is 6.80. The minimum absolute atomic E-state index is 0.0405. The molecule has 2 N–H and O–H groups in total. The average molecular weight is 437 g/mol. The monoisotopic (exact) mass is 436 g/mol. The zero-order valence-electron chi connectivity index (χ0n) is 18.3. The molecule has 0 aromatic heterocycles. The summed E-state index contributed by atoms with van der Waals surface area (Å²) in [7, 11) is -1.18. The van der Waals surface area contributed by atoms with E-state index in [1.807, 2.05) is 36.2 Å². The fraction of sp³-hybridized carbons (Fsp3) is 0.696. The van der Waals surface area contributed by atoms with Gasteiger partial charge in [0, 0.05) is 26.0 Å². The number of nitrogens with zero attached hydrogens (tertiary/aromatic N) is 1. The Balaban J connectivity index is 1.42. The molecule has 0 saturated heterocycles.